The zero-order valence-corrected chi connectivity index (χ0v) is 16.4. The van der Waals surface area contributed by atoms with E-state index in [1.165, 1.54) is 42.4 Å². The first kappa shape index (κ1) is 18.0. The Labute approximate surface area is 135 Å². The molecule has 0 bridgehead atoms. The molecule has 0 aromatic heterocycles. The molecule has 3 heteroatoms. The van der Waals surface area contributed by atoms with Gasteiger partial charge in [0.2, 0.25) is 0 Å². The monoisotopic (exact) mass is 355 g/mol. The first-order chi connectivity index (χ1) is 9.37. The SMILES string of the molecule is CCCN(CCC)C1CCC(C#C[Si](C)(C)C)=C(Br)C1. The number of hydrogen-bond donors (Lipinski definition) is 0. The van der Waals surface area contributed by atoms with Gasteiger partial charge in [-0.1, -0.05) is 55.3 Å². The average Bonchev–Trinajstić information content (AvgIpc) is 2.36. The predicted octanol–water partition coefficient (Wildman–Crippen LogP) is 5.19. The van der Waals surface area contributed by atoms with Crippen LogP contribution in [0.25, 0.3) is 0 Å². The lowest BCUT2D eigenvalue weighted by Crippen LogP contribution is -2.38. The lowest BCUT2D eigenvalue weighted by atomic mass is 9.94. The number of nitrogens with zero attached hydrogens (tertiary/aromatic N) is 1. The van der Waals surface area contributed by atoms with Gasteiger partial charge < -0.3 is 4.90 Å². The van der Waals surface area contributed by atoms with Crippen LogP contribution in [0.4, 0.5) is 0 Å². The van der Waals surface area contributed by atoms with Crippen molar-refractivity contribution < 1.29 is 0 Å². The average molecular weight is 356 g/mol. The lowest BCUT2D eigenvalue weighted by molar-refractivity contribution is 0.183. The molecule has 0 heterocycles. The van der Waals surface area contributed by atoms with Crippen molar-refractivity contribution in [3.63, 3.8) is 0 Å². The van der Waals surface area contributed by atoms with Crippen LogP contribution in [0.5, 0.6) is 0 Å². The molecule has 1 aliphatic rings. The molecule has 0 fully saturated rings. The molecule has 0 spiro atoms. The Kier molecular flexibility index (Phi) is 7.57. The molecule has 0 saturated carbocycles. The molecule has 1 atom stereocenters. The van der Waals surface area contributed by atoms with E-state index in [2.05, 4.69) is 65.8 Å². The molecule has 20 heavy (non-hydrogen) atoms. The summed E-state index contributed by atoms with van der Waals surface area (Å²) in [6.45, 7) is 13.9. The molecular formula is C17H30BrNSi. The molecule has 0 radical (unpaired) electrons. The molecular weight excluding hydrogens is 326 g/mol. The number of hydrogen-bond acceptors (Lipinski definition) is 1. The van der Waals surface area contributed by atoms with E-state index < -0.39 is 8.07 Å². The van der Waals surface area contributed by atoms with Crippen molar-refractivity contribution in [1.82, 2.24) is 4.90 Å². The zero-order valence-electron chi connectivity index (χ0n) is 13.9. The predicted molar refractivity (Wildman–Crippen MR) is 96.9 cm³/mol. The van der Waals surface area contributed by atoms with Crippen molar-refractivity contribution in [3.05, 3.63) is 10.1 Å². The molecule has 0 amide bonds. The summed E-state index contributed by atoms with van der Waals surface area (Å²) in [5.74, 6) is 3.46. The fourth-order valence-corrected chi connectivity index (χ4v) is 3.83. The summed E-state index contributed by atoms with van der Waals surface area (Å²) >= 11 is 3.80. The van der Waals surface area contributed by atoms with Gasteiger partial charge in [0, 0.05) is 16.1 Å². The third kappa shape index (κ3) is 6.16. The summed E-state index contributed by atoms with van der Waals surface area (Å²) < 4.78 is 1.36. The van der Waals surface area contributed by atoms with Crippen LogP contribution in [0.3, 0.4) is 0 Å². The second-order valence-electron chi connectivity index (χ2n) is 6.82. The van der Waals surface area contributed by atoms with E-state index in [1.807, 2.05) is 0 Å². The van der Waals surface area contributed by atoms with Crippen LogP contribution in [0.15, 0.2) is 10.1 Å². The van der Waals surface area contributed by atoms with Gasteiger partial charge in [-0.05, 0) is 45.2 Å². The van der Waals surface area contributed by atoms with Crippen LogP contribution in [-0.2, 0) is 0 Å². The van der Waals surface area contributed by atoms with Gasteiger partial charge in [0.25, 0.3) is 0 Å². The summed E-state index contributed by atoms with van der Waals surface area (Å²) in [4.78, 5) is 2.67. The molecule has 0 saturated heterocycles. The van der Waals surface area contributed by atoms with E-state index in [9.17, 15) is 0 Å². The van der Waals surface area contributed by atoms with E-state index in [0.717, 1.165) is 12.8 Å². The summed E-state index contributed by atoms with van der Waals surface area (Å²) in [6, 6.07) is 0.710. The maximum Gasteiger partial charge on any atom is 0.129 e. The number of halogens is 1. The van der Waals surface area contributed by atoms with Crippen LogP contribution in [0.2, 0.25) is 19.6 Å². The van der Waals surface area contributed by atoms with Crippen molar-refractivity contribution in [3.8, 4) is 11.5 Å². The first-order valence-corrected chi connectivity index (χ1v) is 12.3. The van der Waals surface area contributed by atoms with E-state index in [-0.39, 0.29) is 0 Å². The van der Waals surface area contributed by atoms with Crippen LogP contribution >= 0.6 is 15.9 Å². The summed E-state index contributed by atoms with van der Waals surface area (Å²) in [6.07, 6.45) is 6.06. The molecule has 1 unspecified atom stereocenters. The van der Waals surface area contributed by atoms with Crippen molar-refractivity contribution in [2.45, 2.75) is 71.6 Å². The Morgan fingerprint density at radius 1 is 1.20 bits per heavy atom. The topological polar surface area (TPSA) is 3.24 Å². The Morgan fingerprint density at radius 2 is 1.80 bits per heavy atom. The van der Waals surface area contributed by atoms with Gasteiger partial charge in [0.1, 0.15) is 8.07 Å². The van der Waals surface area contributed by atoms with Gasteiger partial charge in [0.05, 0.1) is 0 Å². The molecule has 0 aromatic rings. The fourth-order valence-electron chi connectivity index (χ4n) is 2.64. The molecule has 0 aromatic carbocycles. The first-order valence-electron chi connectivity index (χ1n) is 8.02. The third-order valence-corrected chi connectivity index (χ3v) is 5.27. The van der Waals surface area contributed by atoms with Crippen molar-refractivity contribution >= 4 is 24.0 Å². The maximum atomic E-state index is 3.80. The smallest absolute Gasteiger partial charge is 0.129 e. The molecule has 1 nitrogen and oxygen atoms in total. The zero-order chi connectivity index (χ0) is 15.2. The highest BCUT2D eigenvalue weighted by Crippen LogP contribution is 2.31. The largest absolute Gasteiger partial charge is 0.300 e. The molecule has 0 N–H and O–H groups in total. The van der Waals surface area contributed by atoms with Crippen LogP contribution in [0.1, 0.15) is 46.0 Å². The highest BCUT2D eigenvalue weighted by Gasteiger charge is 2.23. The van der Waals surface area contributed by atoms with Gasteiger partial charge in [0.15, 0.2) is 0 Å². The second kappa shape index (κ2) is 8.41. The maximum absolute atomic E-state index is 3.80. The summed E-state index contributed by atoms with van der Waals surface area (Å²) in [7, 11) is -1.26. The van der Waals surface area contributed by atoms with Crippen molar-refractivity contribution in [2.75, 3.05) is 13.1 Å². The summed E-state index contributed by atoms with van der Waals surface area (Å²) in [5, 5.41) is 0. The fraction of sp³-hybridized carbons (Fsp3) is 0.765. The van der Waals surface area contributed by atoms with E-state index in [0.29, 0.717) is 6.04 Å². The van der Waals surface area contributed by atoms with Gasteiger partial charge in [-0.3, -0.25) is 0 Å². The molecule has 1 rings (SSSR count). The highest BCUT2D eigenvalue weighted by atomic mass is 79.9. The third-order valence-electron chi connectivity index (χ3n) is 3.60. The van der Waals surface area contributed by atoms with Crippen LogP contribution in [-0.4, -0.2) is 32.1 Å². The minimum absolute atomic E-state index is 0.710. The summed E-state index contributed by atoms with van der Waals surface area (Å²) in [5.41, 5.74) is 4.86. The lowest BCUT2D eigenvalue weighted by Gasteiger charge is -2.34. The van der Waals surface area contributed by atoms with E-state index in [1.54, 1.807) is 0 Å². The number of allylic oxidation sites excluding steroid dienone is 1. The Bertz CT molecular complexity index is 391. The normalized spacial score (nSPS) is 20.1. The van der Waals surface area contributed by atoms with Gasteiger partial charge in [-0.25, -0.2) is 0 Å². The van der Waals surface area contributed by atoms with Gasteiger partial charge >= 0.3 is 0 Å². The van der Waals surface area contributed by atoms with Gasteiger partial charge in [-0.15, -0.1) is 5.54 Å². The molecule has 0 aliphatic heterocycles. The second-order valence-corrected chi connectivity index (χ2v) is 12.5. The minimum atomic E-state index is -1.26. The minimum Gasteiger partial charge on any atom is -0.300 e. The van der Waals surface area contributed by atoms with Crippen LogP contribution in [0, 0.1) is 11.5 Å². The standard InChI is InChI=1S/C17H30BrNSi/c1-6-11-19(12-7-2)16-9-8-15(17(18)14-16)10-13-20(3,4)5/h16H,6-9,11-12,14H2,1-5H3. The van der Waals surface area contributed by atoms with Crippen molar-refractivity contribution in [2.24, 2.45) is 0 Å². The Morgan fingerprint density at radius 3 is 2.25 bits per heavy atom. The Balaban J connectivity index is 2.73. The Hall–Kier alpha value is -0.0431. The molecule has 1 aliphatic carbocycles. The quantitative estimate of drug-likeness (QED) is 0.484. The van der Waals surface area contributed by atoms with E-state index in [4.69, 9.17) is 0 Å². The molecule has 114 valence electrons. The number of rotatable bonds is 5. The van der Waals surface area contributed by atoms with Crippen LogP contribution < -0.4 is 0 Å². The van der Waals surface area contributed by atoms with Crippen molar-refractivity contribution in [1.29, 1.82) is 0 Å². The van der Waals surface area contributed by atoms with Gasteiger partial charge in [-0.2, -0.15) is 0 Å². The highest BCUT2D eigenvalue weighted by molar-refractivity contribution is 9.11. The van der Waals surface area contributed by atoms with E-state index >= 15 is 0 Å².